The zero-order valence-corrected chi connectivity index (χ0v) is 16.9. The summed E-state index contributed by atoms with van der Waals surface area (Å²) in [5.74, 6) is 1.30. The molecule has 0 amide bonds. The number of benzene rings is 2. The summed E-state index contributed by atoms with van der Waals surface area (Å²) < 4.78 is 0. The molecule has 28 heavy (non-hydrogen) atoms. The van der Waals surface area contributed by atoms with Crippen molar-refractivity contribution >= 4 is 40.4 Å². The zero-order chi connectivity index (χ0) is 19.5. The van der Waals surface area contributed by atoms with Crippen LogP contribution in [0.25, 0.3) is 0 Å². The van der Waals surface area contributed by atoms with Gasteiger partial charge in [-0.1, -0.05) is 17.7 Å². The Labute approximate surface area is 170 Å². The molecule has 5 nitrogen and oxygen atoms in total. The van der Waals surface area contributed by atoms with E-state index in [-0.39, 0.29) is 0 Å². The van der Waals surface area contributed by atoms with Crippen LogP contribution >= 0.6 is 11.6 Å². The zero-order valence-electron chi connectivity index (χ0n) is 16.2. The summed E-state index contributed by atoms with van der Waals surface area (Å²) in [6.45, 7) is 6.28. The molecule has 0 bridgehead atoms. The van der Waals surface area contributed by atoms with E-state index < -0.39 is 0 Å². The van der Waals surface area contributed by atoms with Crippen LogP contribution in [0.4, 0.5) is 28.8 Å². The summed E-state index contributed by atoms with van der Waals surface area (Å²) in [6, 6.07) is 16.2. The van der Waals surface area contributed by atoms with Crippen molar-refractivity contribution in [2.24, 2.45) is 0 Å². The monoisotopic (exact) mass is 393 g/mol. The summed E-state index contributed by atoms with van der Waals surface area (Å²) in [4.78, 5) is 11.5. The van der Waals surface area contributed by atoms with E-state index >= 15 is 0 Å². The highest BCUT2D eigenvalue weighted by Crippen LogP contribution is 2.26. The number of halogens is 1. The fraction of sp³-hybridized carbons (Fsp3) is 0.273. The van der Waals surface area contributed by atoms with Gasteiger partial charge in [0.1, 0.15) is 5.82 Å². The standard InChI is InChI=1S/C22H24ClN5/c1-15-5-6-17(23)14-20(15)26-22-24-16(2)13-21(27-22)25-18-7-9-19(10-8-18)28-11-3-4-12-28/h5-10,13-14H,3-4,11-12H2,1-2H3,(H2,24,25,26,27). The molecule has 0 unspecified atom stereocenters. The third-order valence-corrected chi connectivity index (χ3v) is 5.15. The first kappa shape index (κ1) is 18.6. The highest BCUT2D eigenvalue weighted by atomic mass is 35.5. The predicted octanol–water partition coefficient (Wildman–Crippen LogP) is 5.83. The fourth-order valence-electron chi connectivity index (χ4n) is 3.42. The molecule has 3 aromatic rings. The maximum Gasteiger partial charge on any atom is 0.229 e. The molecule has 1 aliphatic heterocycles. The largest absolute Gasteiger partial charge is 0.372 e. The van der Waals surface area contributed by atoms with E-state index in [1.165, 1.54) is 18.5 Å². The van der Waals surface area contributed by atoms with Gasteiger partial charge in [0.25, 0.3) is 0 Å². The van der Waals surface area contributed by atoms with Crippen molar-refractivity contribution in [3.63, 3.8) is 0 Å². The Hall–Kier alpha value is -2.79. The number of nitrogens with zero attached hydrogens (tertiary/aromatic N) is 3. The second-order valence-corrected chi connectivity index (χ2v) is 7.60. The van der Waals surface area contributed by atoms with Gasteiger partial charge >= 0.3 is 0 Å². The molecule has 4 rings (SSSR count). The third kappa shape index (κ3) is 4.37. The molecule has 0 atom stereocenters. The summed E-state index contributed by atoms with van der Waals surface area (Å²) in [5.41, 5.74) is 5.15. The summed E-state index contributed by atoms with van der Waals surface area (Å²) in [5, 5.41) is 7.33. The van der Waals surface area contributed by atoms with Gasteiger partial charge in [-0.2, -0.15) is 4.98 Å². The Kier molecular flexibility index (Phi) is 5.35. The Bertz CT molecular complexity index is 965. The minimum absolute atomic E-state index is 0.543. The van der Waals surface area contributed by atoms with Crippen molar-refractivity contribution in [1.82, 2.24) is 9.97 Å². The topological polar surface area (TPSA) is 53.1 Å². The van der Waals surface area contributed by atoms with Crippen molar-refractivity contribution < 1.29 is 0 Å². The van der Waals surface area contributed by atoms with E-state index in [0.717, 1.165) is 41.5 Å². The van der Waals surface area contributed by atoms with E-state index in [1.54, 1.807) is 0 Å². The van der Waals surface area contributed by atoms with Crippen LogP contribution in [0.15, 0.2) is 48.5 Å². The van der Waals surface area contributed by atoms with Crippen LogP contribution in [0.5, 0.6) is 0 Å². The minimum Gasteiger partial charge on any atom is -0.372 e. The summed E-state index contributed by atoms with van der Waals surface area (Å²) in [7, 11) is 0. The number of aromatic nitrogens is 2. The van der Waals surface area contributed by atoms with Gasteiger partial charge < -0.3 is 15.5 Å². The van der Waals surface area contributed by atoms with Crippen molar-refractivity contribution in [3.8, 4) is 0 Å². The second kappa shape index (κ2) is 8.07. The summed E-state index contributed by atoms with van der Waals surface area (Å²) in [6.07, 6.45) is 2.56. The quantitative estimate of drug-likeness (QED) is 0.570. The molecule has 6 heteroatoms. The van der Waals surface area contributed by atoms with Crippen molar-refractivity contribution in [2.75, 3.05) is 28.6 Å². The maximum atomic E-state index is 6.12. The number of anilines is 5. The van der Waals surface area contributed by atoms with Crippen LogP contribution in [0.1, 0.15) is 24.1 Å². The smallest absolute Gasteiger partial charge is 0.229 e. The van der Waals surface area contributed by atoms with E-state index in [0.29, 0.717) is 11.0 Å². The second-order valence-electron chi connectivity index (χ2n) is 7.17. The third-order valence-electron chi connectivity index (χ3n) is 4.91. The Morgan fingerprint density at radius 3 is 2.39 bits per heavy atom. The van der Waals surface area contributed by atoms with Gasteiger partial charge in [-0.15, -0.1) is 0 Å². The molecule has 0 aliphatic carbocycles. The summed E-state index contributed by atoms with van der Waals surface area (Å²) >= 11 is 6.12. The van der Waals surface area contributed by atoms with E-state index in [9.17, 15) is 0 Å². The van der Waals surface area contributed by atoms with E-state index in [4.69, 9.17) is 11.6 Å². The lowest BCUT2D eigenvalue weighted by molar-refractivity contribution is 0.949. The van der Waals surface area contributed by atoms with Crippen LogP contribution in [-0.2, 0) is 0 Å². The SMILES string of the molecule is Cc1cc(Nc2ccc(N3CCCC3)cc2)nc(Nc2cc(Cl)ccc2C)n1. The van der Waals surface area contributed by atoms with Gasteiger partial charge in [-0.25, -0.2) is 4.98 Å². The Morgan fingerprint density at radius 2 is 1.64 bits per heavy atom. The molecule has 0 spiro atoms. The maximum absolute atomic E-state index is 6.12. The normalized spacial score (nSPS) is 13.6. The number of nitrogens with one attached hydrogen (secondary N) is 2. The van der Waals surface area contributed by atoms with Crippen LogP contribution in [0.3, 0.4) is 0 Å². The number of hydrogen-bond acceptors (Lipinski definition) is 5. The van der Waals surface area contributed by atoms with Crippen LogP contribution in [-0.4, -0.2) is 23.1 Å². The molecular formula is C22H24ClN5. The molecule has 0 saturated carbocycles. The van der Waals surface area contributed by atoms with Crippen molar-refractivity contribution in [3.05, 3.63) is 64.8 Å². The minimum atomic E-state index is 0.543. The first-order valence-corrected chi connectivity index (χ1v) is 9.95. The van der Waals surface area contributed by atoms with Crippen LogP contribution < -0.4 is 15.5 Å². The molecule has 1 fully saturated rings. The van der Waals surface area contributed by atoms with Gasteiger partial charge in [0.05, 0.1) is 0 Å². The Morgan fingerprint density at radius 1 is 0.893 bits per heavy atom. The number of aryl methyl sites for hydroxylation is 2. The predicted molar refractivity (Wildman–Crippen MR) is 117 cm³/mol. The fourth-order valence-corrected chi connectivity index (χ4v) is 3.59. The lowest BCUT2D eigenvalue weighted by Crippen LogP contribution is -2.17. The molecule has 2 N–H and O–H groups in total. The van der Waals surface area contributed by atoms with Crippen LogP contribution in [0.2, 0.25) is 5.02 Å². The highest BCUT2D eigenvalue weighted by Gasteiger charge is 2.12. The van der Waals surface area contributed by atoms with Crippen molar-refractivity contribution in [2.45, 2.75) is 26.7 Å². The Balaban J connectivity index is 1.51. The van der Waals surface area contributed by atoms with Gasteiger partial charge in [0, 0.05) is 46.9 Å². The first-order valence-electron chi connectivity index (χ1n) is 9.58. The van der Waals surface area contributed by atoms with Gasteiger partial charge in [0.15, 0.2) is 0 Å². The lowest BCUT2D eigenvalue weighted by Gasteiger charge is -2.18. The first-order chi connectivity index (χ1) is 13.6. The molecule has 2 aromatic carbocycles. The lowest BCUT2D eigenvalue weighted by atomic mass is 10.2. The molecule has 1 saturated heterocycles. The van der Waals surface area contributed by atoms with E-state index in [1.807, 2.05) is 38.1 Å². The van der Waals surface area contributed by atoms with Crippen molar-refractivity contribution in [1.29, 1.82) is 0 Å². The average Bonchev–Trinajstić information content (AvgIpc) is 3.20. The highest BCUT2D eigenvalue weighted by molar-refractivity contribution is 6.30. The van der Waals surface area contributed by atoms with Crippen LogP contribution in [0, 0.1) is 13.8 Å². The van der Waals surface area contributed by atoms with E-state index in [2.05, 4.69) is 49.8 Å². The number of rotatable bonds is 5. The van der Waals surface area contributed by atoms with Gasteiger partial charge in [-0.05, 0) is 68.7 Å². The van der Waals surface area contributed by atoms with Gasteiger partial charge in [0.2, 0.25) is 5.95 Å². The number of hydrogen-bond donors (Lipinski definition) is 2. The molecular weight excluding hydrogens is 370 g/mol. The molecule has 1 aliphatic rings. The molecule has 1 aromatic heterocycles. The average molecular weight is 394 g/mol. The molecule has 0 radical (unpaired) electrons. The van der Waals surface area contributed by atoms with Gasteiger partial charge in [-0.3, -0.25) is 0 Å². The molecule has 144 valence electrons. The molecule has 2 heterocycles.